The predicted octanol–water partition coefficient (Wildman–Crippen LogP) is 3.40. The maximum atomic E-state index is 15.0. The Kier molecular flexibility index (Phi) is 5.08. The van der Waals surface area contributed by atoms with Crippen LogP contribution in [0.25, 0.3) is 10.9 Å². The third-order valence-corrected chi connectivity index (χ3v) is 6.17. The molecular weight excluding hydrogens is 405 g/mol. The summed E-state index contributed by atoms with van der Waals surface area (Å²) >= 11 is 5.92. The van der Waals surface area contributed by atoms with Crippen molar-refractivity contribution in [2.24, 2.45) is 0 Å². The first-order valence-electron chi connectivity index (χ1n) is 10.3. The normalized spacial score (nSPS) is 17.1. The number of rotatable bonds is 3. The van der Waals surface area contributed by atoms with Crippen LogP contribution in [0.1, 0.15) is 17.5 Å². The number of anilines is 2. The monoisotopic (exact) mass is 427 g/mol. The van der Waals surface area contributed by atoms with Crippen LogP contribution in [-0.4, -0.2) is 47.6 Å². The van der Waals surface area contributed by atoms with Crippen LogP contribution in [-0.2, 0) is 13.0 Å². The van der Waals surface area contributed by atoms with E-state index in [-0.39, 0.29) is 11.4 Å². The van der Waals surface area contributed by atoms with Crippen LogP contribution in [0.4, 0.5) is 15.9 Å². The fourth-order valence-electron chi connectivity index (χ4n) is 4.43. The first-order chi connectivity index (χ1) is 14.6. The van der Waals surface area contributed by atoms with Gasteiger partial charge in [0.25, 0.3) is 5.56 Å². The van der Waals surface area contributed by atoms with E-state index in [1.165, 1.54) is 0 Å². The number of aromatic nitrogens is 2. The molecule has 0 bridgehead atoms. The molecule has 1 fully saturated rings. The second kappa shape index (κ2) is 7.89. The molecule has 3 aromatic rings. The van der Waals surface area contributed by atoms with Gasteiger partial charge in [-0.25, -0.2) is 9.37 Å². The van der Waals surface area contributed by atoms with Crippen LogP contribution >= 0.6 is 11.6 Å². The van der Waals surface area contributed by atoms with Crippen LogP contribution < -0.4 is 15.8 Å². The lowest BCUT2D eigenvalue weighted by atomic mass is 10.00. The molecule has 0 radical (unpaired) electrons. The first kappa shape index (κ1) is 19.3. The Hall–Kier alpha value is -2.64. The van der Waals surface area contributed by atoms with Crippen LogP contribution in [0.15, 0.2) is 35.3 Å². The van der Waals surface area contributed by atoms with Gasteiger partial charge in [-0.3, -0.25) is 9.69 Å². The lowest BCUT2D eigenvalue weighted by molar-refractivity contribution is 0.249. The molecule has 1 saturated heterocycles. The zero-order valence-electron chi connectivity index (χ0n) is 16.5. The number of H-pyrrole nitrogens is 1. The minimum Gasteiger partial charge on any atom is -0.384 e. The van der Waals surface area contributed by atoms with Crippen molar-refractivity contribution >= 4 is 34.0 Å². The van der Waals surface area contributed by atoms with Crippen molar-refractivity contribution in [3.8, 4) is 0 Å². The van der Waals surface area contributed by atoms with Crippen LogP contribution in [0.5, 0.6) is 0 Å². The SMILES string of the molecule is O=c1[nH]c2cc(CN3CCN(c4ccc(Cl)cn4)CC3)cc(F)c2c2c1CCCN2. The third kappa shape index (κ3) is 3.63. The molecule has 2 aliphatic rings. The molecule has 5 rings (SSSR count). The van der Waals surface area contributed by atoms with Gasteiger partial charge in [-0.2, -0.15) is 0 Å². The van der Waals surface area contributed by atoms with Gasteiger partial charge in [-0.05, 0) is 42.7 Å². The smallest absolute Gasteiger partial charge is 0.253 e. The standard InChI is InChI=1S/C22H23ClFN5O/c23-15-3-4-19(26-12-15)29-8-6-28(7-9-29)13-14-10-17(24)20-18(11-14)27-22(30)16-2-1-5-25-21(16)20/h3-4,10-12,25H,1-2,5-9,13H2,(H,27,30). The fourth-order valence-corrected chi connectivity index (χ4v) is 4.54. The molecule has 6 nitrogen and oxygen atoms in total. The van der Waals surface area contributed by atoms with E-state index in [1.807, 2.05) is 18.2 Å². The van der Waals surface area contributed by atoms with Crippen molar-refractivity contribution in [2.45, 2.75) is 19.4 Å². The zero-order valence-corrected chi connectivity index (χ0v) is 17.3. The summed E-state index contributed by atoms with van der Waals surface area (Å²) in [5, 5.41) is 4.34. The fraction of sp³-hybridized carbons (Fsp3) is 0.364. The first-order valence-corrected chi connectivity index (χ1v) is 10.7. The number of hydrogen-bond donors (Lipinski definition) is 2. The van der Waals surface area contributed by atoms with Crippen molar-refractivity contribution < 1.29 is 4.39 Å². The number of hydrogen-bond acceptors (Lipinski definition) is 5. The van der Waals surface area contributed by atoms with E-state index in [0.29, 0.717) is 40.1 Å². The number of halogens is 2. The second-order valence-electron chi connectivity index (χ2n) is 7.94. The largest absolute Gasteiger partial charge is 0.384 e. The second-order valence-corrected chi connectivity index (χ2v) is 8.37. The molecule has 4 heterocycles. The Morgan fingerprint density at radius 2 is 2.00 bits per heavy atom. The number of pyridine rings is 2. The van der Waals surface area contributed by atoms with Crippen molar-refractivity contribution in [3.05, 3.63) is 62.8 Å². The Morgan fingerprint density at radius 1 is 1.17 bits per heavy atom. The Labute approximate surface area is 178 Å². The maximum Gasteiger partial charge on any atom is 0.253 e. The van der Waals surface area contributed by atoms with E-state index in [2.05, 4.69) is 25.1 Å². The highest BCUT2D eigenvalue weighted by atomic mass is 35.5. The van der Waals surface area contributed by atoms with Gasteiger partial charge in [0.05, 0.1) is 21.6 Å². The average Bonchev–Trinajstić information content (AvgIpc) is 2.75. The molecule has 1 aromatic carbocycles. The molecule has 0 saturated carbocycles. The number of nitrogens with one attached hydrogen (secondary N) is 2. The van der Waals surface area contributed by atoms with E-state index in [4.69, 9.17) is 11.6 Å². The summed E-state index contributed by atoms with van der Waals surface area (Å²) < 4.78 is 15.0. The molecule has 0 unspecified atom stereocenters. The molecule has 2 aromatic heterocycles. The molecule has 8 heteroatoms. The van der Waals surface area contributed by atoms with E-state index < -0.39 is 0 Å². The lowest BCUT2D eigenvalue weighted by Crippen LogP contribution is -2.46. The summed E-state index contributed by atoms with van der Waals surface area (Å²) in [5.41, 5.74) is 2.63. The highest BCUT2D eigenvalue weighted by Crippen LogP contribution is 2.30. The summed E-state index contributed by atoms with van der Waals surface area (Å²) in [6, 6.07) is 7.29. The molecule has 0 atom stereocenters. The minimum atomic E-state index is -0.284. The van der Waals surface area contributed by atoms with Gasteiger partial charge < -0.3 is 15.2 Å². The van der Waals surface area contributed by atoms with Crippen molar-refractivity contribution in [2.75, 3.05) is 42.9 Å². The average molecular weight is 428 g/mol. The number of piperazine rings is 1. The van der Waals surface area contributed by atoms with Gasteiger partial charge in [0.1, 0.15) is 11.6 Å². The molecule has 2 N–H and O–H groups in total. The molecule has 0 amide bonds. The Balaban J connectivity index is 1.34. The Bertz CT molecular complexity index is 1140. The van der Waals surface area contributed by atoms with Gasteiger partial charge >= 0.3 is 0 Å². The quantitative estimate of drug-likeness (QED) is 0.670. The van der Waals surface area contributed by atoms with Crippen LogP contribution in [0.3, 0.4) is 0 Å². The van der Waals surface area contributed by atoms with E-state index in [9.17, 15) is 4.79 Å². The van der Waals surface area contributed by atoms with Gasteiger partial charge in [-0.15, -0.1) is 0 Å². The minimum absolute atomic E-state index is 0.120. The summed E-state index contributed by atoms with van der Waals surface area (Å²) in [4.78, 5) is 24.2. The summed E-state index contributed by atoms with van der Waals surface area (Å²) in [6.45, 7) is 4.80. The lowest BCUT2D eigenvalue weighted by Gasteiger charge is -2.35. The van der Waals surface area contributed by atoms with Gasteiger partial charge in [0, 0.05) is 51.0 Å². The molecular formula is C22H23ClFN5O. The molecule has 156 valence electrons. The predicted molar refractivity (Wildman–Crippen MR) is 118 cm³/mol. The number of benzene rings is 1. The zero-order chi connectivity index (χ0) is 20.7. The number of nitrogens with zero attached hydrogens (tertiary/aromatic N) is 3. The van der Waals surface area contributed by atoms with Gasteiger partial charge in [0.15, 0.2) is 0 Å². The summed E-state index contributed by atoms with van der Waals surface area (Å²) in [5.74, 6) is 0.638. The highest BCUT2D eigenvalue weighted by molar-refractivity contribution is 6.30. The van der Waals surface area contributed by atoms with E-state index >= 15 is 4.39 Å². The number of aromatic amines is 1. The topological polar surface area (TPSA) is 64.3 Å². The molecule has 0 spiro atoms. The van der Waals surface area contributed by atoms with Crippen molar-refractivity contribution in [1.29, 1.82) is 0 Å². The van der Waals surface area contributed by atoms with Crippen molar-refractivity contribution in [1.82, 2.24) is 14.9 Å². The van der Waals surface area contributed by atoms with E-state index in [0.717, 1.165) is 50.5 Å². The number of fused-ring (bicyclic) bond motifs is 3. The maximum absolute atomic E-state index is 15.0. The third-order valence-electron chi connectivity index (χ3n) is 5.94. The van der Waals surface area contributed by atoms with E-state index in [1.54, 1.807) is 12.3 Å². The van der Waals surface area contributed by atoms with Gasteiger partial charge in [0.2, 0.25) is 0 Å². The molecule has 0 aliphatic carbocycles. The van der Waals surface area contributed by atoms with Crippen molar-refractivity contribution in [3.63, 3.8) is 0 Å². The summed E-state index contributed by atoms with van der Waals surface area (Å²) in [6.07, 6.45) is 3.23. The van der Waals surface area contributed by atoms with Crippen LogP contribution in [0.2, 0.25) is 5.02 Å². The summed E-state index contributed by atoms with van der Waals surface area (Å²) in [7, 11) is 0. The van der Waals surface area contributed by atoms with Crippen LogP contribution in [0, 0.1) is 5.82 Å². The molecule has 30 heavy (non-hydrogen) atoms. The highest BCUT2D eigenvalue weighted by Gasteiger charge is 2.21. The molecule has 2 aliphatic heterocycles. The van der Waals surface area contributed by atoms with Gasteiger partial charge in [-0.1, -0.05) is 11.6 Å². The Morgan fingerprint density at radius 3 is 2.77 bits per heavy atom.